The molecule has 33 heavy (non-hydrogen) atoms. The maximum absolute atomic E-state index is 13.0. The SMILES string of the molecule is Cc1ccccc1C(NC(=O)C(=O)Nc1cccc(N2CCOC2=O)c1)C1CCCC(C)C1. The molecule has 4 rings (SSSR count). The molecule has 3 atom stereocenters. The molecular weight excluding hydrogens is 418 g/mol. The fraction of sp³-hybridized carbons (Fsp3) is 0.423. The van der Waals surface area contributed by atoms with E-state index >= 15 is 0 Å². The fourth-order valence-corrected chi connectivity index (χ4v) is 4.94. The smallest absolute Gasteiger partial charge is 0.414 e. The molecule has 1 heterocycles. The number of cyclic esters (lactones) is 1. The normalized spacial score (nSPS) is 21.3. The summed E-state index contributed by atoms with van der Waals surface area (Å²) in [5.74, 6) is -0.497. The number of amides is 3. The topological polar surface area (TPSA) is 87.7 Å². The van der Waals surface area contributed by atoms with Gasteiger partial charge in [-0.1, -0.05) is 50.1 Å². The van der Waals surface area contributed by atoms with E-state index in [0.717, 1.165) is 30.4 Å². The highest BCUT2D eigenvalue weighted by atomic mass is 16.6. The summed E-state index contributed by atoms with van der Waals surface area (Å²) in [6, 6.07) is 14.7. The zero-order chi connectivity index (χ0) is 23.4. The zero-order valence-corrected chi connectivity index (χ0v) is 19.2. The first-order chi connectivity index (χ1) is 15.9. The molecule has 3 amide bonds. The predicted octanol–water partition coefficient (Wildman–Crippen LogP) is 4.57. The van der Waals surface area contributed by atoms with Crippen LogP contribution in [0.4, 0.5) is 16.2 Å². The zero-order valence-electron chi connectivity index (χ0n) is 19.2. The Morgan fingerprint density at radius 3 is 2.64 bits per heavy atom. The number of hydrogen-bond acceptors (Lipinski definition) is 4. The van der Waals surface area contributed by atoms with Gasteiger partial charge < -0.3 is 15.4 Å². The maximum atomic E-state index is 13.0. The van der Waals surface area contributed by atoms with Crippen LogP contribution < -0.4 is 15.5 Å². The third-order valence-electron chi connectivity index (χ3n) is 6.64. The van der Waals surface area contributed by atoms with Gasteiger partial charge in [0.25, 0.3) is 0 Å². The van der Waals surface area contributed by atoms with E-state index in [2.05, 4.69) is 17.6 Å². The van der Waals surface area contributed by atoms with Crippen LogP contribution in [0.1, 0.15) is 49.8 Å². The van der Waals surface area contributed by atoms with Crippen LogP contribution in [-0.4, -0.2) is 31.1 Å². The van der Waals surface area contributed by atoms with Crippen molar-refractivity contribution in [1.29, 1.82) is 0 Å². The molecule has 174 valence electrons. The second kappa shape index (κ2) is 10.1. The molecule has 2 aromatic rings. The standard InChI is InChI=1S/C26H31N3O4/c1-17-7-5-9-19(15-17)23(22-12-4-3-8-18(22)2)28-25(31)24(30)27-20-10-6-11-21(16-20)29-13-14-33-26(29)32/h3-4,6,8,10-12,16-17,19,23H,5,7,9,13-15H2,1-2H3,(H,27,30)(H,28,31). The van der Waals surface area contributed by atoms with Gasteiger partial charge in [0.15, 0.2) is 0 Å². The summed E-state index contributed by atoms with van der Waals surface area (Å²) in [6.45, 7) is 5.07. The Hall–Kier alpha value is -3.35. The minimum absolute atomic E-state index is 0.210. The lowest BCUT2D eigenvalue weighted by atomic mass is 9.76. The van der Waals surface area contributed by atoms with Crippen LogP contribution >= 0.6 is 0 Å². The number of benzene rings is 2. The molecule has 0 radical (unpaired) electrons. The lowest BCUT2D eigenvalue weighted by Gasteiger charge is -2.34. The molecular formula is C26H31N3O4. The van der Waals surface area contributed by atoms with E-state index < -0.39 is 17.9 Å². The van der Waals surface area contributed by atoms with Gasteiger partial charge in [0.2, 0.25) is 0 Å². The van der Waals surface area contributed by atoms with Gasteiger partial charge in [-0.15, -0.1) is 0 Å². The van der Waals surface area contributed by atoms with Crippen molar-refractivity contribution in [3.05, 3.63) is 59.7 Å². The van der Waals surface area contributed by atoms with Crippen LogP contribution in [0.5, 0.6) is 0 Å². The predicted molar refractivity (Wildman–Crippen MR) is 127 cm³/mol. The molecule has 2 aliphatic rings. The lowest BCUT2D eigenvalue weighted by molar-refractivity contribution is -0.137. The van der Waals surface area contributed by atoms with Gasteiger partial charge in [-0.2, -0.15) is 0 Å². The minimum Gasteiger partial charge on any atom is -0.447 e. The summed E-state index contributed by atoms with van der Waals surface area (Å²) in [5.41, 5.74) is 3.23. The Morgan fingerprint density at radius 1 is 1.09 bits per heavy atom. The van der Waals surface area contributed by atoms with Crippen LogP contribution in [0.3, 0.4) is 0 Å². The quantitative estimate of drug-likeness (QED) is 0.655. The number of carbonyl (C=O) groups is 3. The van der Waals surface area contributed by atoms with Crippen LogP contribution in [0, 0.1) is 18.8 Å². The number of nitrogens with one attached hydrogen (secondary N) is 2. The molecule has 2 N–H and O–H groups in total. The summed E-state index contributed by atoms with van der Waals surface area (Å²) in [5, 5.41) is 5.70. The number of anilines is 2. The largest absolute Gasteiger partial charge is 0.447 e. The molecule has 2 fully saturated rings. The minimum atomic E-state index is -0.724. The average molecular weight is 450 g/mol. The third-order valence-corrected chi connectivity index (χ3v) is 6.64. The van der Waals surface area contributed by atoms with Gasteiger partial charge in [0.05, 0.1) is 12.6 Å². The van der Waals surface area contributed by atoms with Crippen molar-refractivity contribution in [2.75, 3.05) is 23.4 Å². The first-order valence-corrected chi connectivity index (χ1v) is 11.6. The van der Waals surface area contributed by atoms with Crippen molar-refractivity contribution in [3.63, 3.8) is 0 Å². The molecule has 1 aliphatic carbocycles. The molecule has 3 unspecified atom stereocenters. The fourth-order valence-electron chi connectivity index (χ4n) is 4.94. The van der Waals surface area contributed by atoms with Crippen molar-refractivity contribution < 1.29 is 19.1 Å². The Morgan fingerprint density at radius 2 is 1.91 bits per heavy atom. The monoisotopic (exact) mass is 449 g/mol. The number of hydrogen-bond donors (Lipinski definition) is 2. The number of carbonyl (C=O) groups excluding carboxylic acids is 3. The average Bonchev–Trinajstić information content (AvgIpc) is 3.24. The summed E-state index contributed by atoms with van der Waals surface area (Å²) in [4.78, 5) is 39.1. The van der Waals surface area contributed by atoms with Gasteiger partial charge in [-0.3, -0.25) is 14.5 Å². The summed E-state index contributed by atoms with van der Waals surface area (Å²) in [6.07, 6.45) is 3.96. The maximum Gasteiger partial charge on any atom is 0.414 e. The van der Waals surface area contributed by atoms with Crippen molar-refractivity contribution in [3.8, 4) is 0 Å². The van der Waals surface area contributed by atoms with E-state index in [0.29, 0.717) is 30.4 Å². The second-order valence-electron chi connectivity index (χ2n) is 9.11. The highest BCUT2D eigenvalue weighted by Crippen LogP contribution is 2.38. The van der Waals surface area contributed by atoms with Gasteiger partial charge in [0, 0.05) is 11.4 Å². The van der Waals surface area contributed by atoms with Crippen LogP contribution in [0.15, 0.2) is 48.5 Å². The number of aryl methyl sites for hydroxylation is 1. The second-order valence-corrected chi connectivity index (χ2v) is 9.11. The van der Waals surface area contributed by atoms with Gasteiger partial charge in [-0.05, 0) is 60.9 Å². The summed E-state index contributed by atoms with van der Waals surface area (Å²) >= 11 is 0. The lowest BCUT2D eigenvalue weighted by Crippen LogP contribution is -2.41. The van der Waals surface area contributed by atoms with E-state index in [4.69, 9.17) is 4.74 Å². The number of rotatable bonds is 5. The van der Waals surface area contributed by atoms with E-state index in [9.17, 15) is 14.4 Å². The molecule has 7 nitrogen and oxygen atoms in total. The van der Waals surface area contributed by atoms with Gasteiger partial charge in [-0.25, -0.2) is 4.79 Å². The number of ether oxygens (including phenoxy) is 1. The Labute approximate surface area is 194 Å². The van der Waals surface area contributed by atoms with Crippen LogP contribution in [-0.2, 0) is 14.3 Å². The van der Waals surface area contributed by atoms with Crippen molar-refractivity contribution >= 4 is 29.3 Å². The molecule has 1 aliphatic heterocycles. The highest BCUT2D eigenvalue weighted by Gasteiger charge is 2.31. The molecule has 1 saturated heterocycles. The summed E-state index contributed by atoms with van der Waals surface area (Å²) < 4.78 is 4.98. The van der Waals surface area contributed by atoms with Crippen LogP contribution in [0.25, 0.3) is 0 Å². The van der Waals surface area contributed by atoms with E-state index in [-0.39, 0.29) is 12.0 Å². The van der Waals surface area contributed by atoms with Crippen LogP contribution in [0.2, 0.25) is 0 Å². The van der Waals surface area contributed by atoms with Crippen molar-refractivity contribution in [1.82, 2.24) is 5.32 Å². The van der Waals surface area contributed by atoms with E-state index in [1.54, 1.807) is 24.3 Å². The number of nitrogens with zero attached hydrogens (tertiary/aromatic N) is 1. The first-order valence-electron chi connectivity index (χ1n) is 11.6. The van der Waals surface area contributed by atoms with E-state index in [1.807, 2.05) is 31.2 Å². The molecule has 0 bridgehead atoms. The molecule has 2 aromatic carbocycles. The first kappa shape index (κ1) is 22.8. The molecule has 0 spiro atoms. The Balaban J connectivity index is 1.48. The van der Waals surface area contributed by atoms with Gasteiger partial charge >= 0.3 is 17.9 Å². The van der Waals surface area contributed by atoms with E-state index in [1.165, 1.54) is 11.3 Å². The molecule has 1 saturated carbocycles. The van der Waals surface area contributed by atoms with Crippen molar-refractivity contribution in [2.24, 2.45) is 11.8 Å². The molecule has 0 aromatic heterocycles. The summed E-state index contributed by atoms with van der Waals surface area (Å²) in [7, 11) is 0. The Bertz CT molecular complexity index is 1040. The molecule has 7 heteroatoms. The van der Waals surface area contributed by atoms with Crippen molar-refractivity contribution in [2.45, 2.75) is 45.6 Å². The third kappa shape index (κ3) is 5.35. The Kier molecular flexibility index (Phi) is 6.96. The highest BCUT2D eigenvalue weighted by molar-refractivity contribution is 6.39. The van der Waals surface area contributed by atoms with Gasteiger partial charge in [0.1, 0.15) is 6.61 Å².